The standard InChI is InChI=1S/C19H25N3O2S/c1-14-18(23)22(16-4-2-3-5-16)19(25)21(14)17-8-6-15(7-9-17)20-10-12-24-13-11-20/h6-9,16,23H,2-5,10-13H2,1H3. The summed E-state index contributed by atoms with van der Waals surface area (Å²) >= 11 is 5.72. The van der Waals surface area contributed by atoms with Gasteiger partial charge in [0.05, 0.1) is 18.9 Å². The molecule has 25 heavy (non-hydrogen) atoms. The number of aromatic nitrogens is 2. The van der Waals surface area contributed by atoms with Gasteiger partial charge in [-0.25, -0.2) is 0 Å². The molecule has 2 aliphatic rings. The summed E-state index contributed by atoms with van der Waals surface area (Å²) in [7, 11) is 0. The zero-order chi connectivity index (χ0) is 17.4. The molecule has 0 bridgehead atoms. The number of nitrogens with zero attached hydrogens (tertiary/aromatic N) is 3. The minimum Gasteiger partial charge on any atom is -0.493 e. The average Bonchev–Trinajstić information content (AvgIpc) is 3.24. The fraction of sp³-hybridized carbons (Fsp3) is 0.526. The van der Waals surface area contributed by atoms with Gasteiger partial charge in [0.2, 0.25) is 5.88 Å². The van der Waals surface area contributed by atoms with Gasteiger partial charge in [-0.1, -0.05) is 12.8 Å². The van der Waals surface area contributed by atoms with Crippen molar-refractivity contribution < 1.29 is 9.84 Å². The molecule has 6 heteroatoms. The van der Waals surface area contributed by atoms with Crippen molar-refractivity contribution in [3.8, 4) is 11.6 Å². The van der Waals surface area contributed by atoms with E-state index in [9.17, 15) is 5.11 Å². The molecule has 134 valence electrons. The SMILES string of the molecule is Cc1c(O)n(C2CCCC2)c(=S)n1-c1ccc(N2CCOCC2)cc1. The molecular formula is C19H25N3O2S. The van der Waals surface area contributed by atoms with Gasteiger partial charge in [0.25, 0.3) is 0 Å². The Balaban J connectivity index is 1.67. The zero-order valence-electron chi connectivity index (χ0n) is 14.6. The molecular weight excluding hydrogens is 334 g/mol. The first-order valence-electron chi connectivity index (χ1n) is 9.13. The lowest BCUT2D eigenvalue weighted by Crippen LogP contribution is -2.36. The van der Waals surface area contributed by atoms with Gasteiger partial charge in [0, 0.05) is 30.5 Å². The van der Waals surface area contributed by atoms with Gasteiger partial charge >= 0.3 is 0 Å². The fourth-order valence-electron chi connectivity index (χ4n) is 4.05. The number of benzene rings is 1. The lowest BCUT2D eigenvalue weighted by Gasteiger charge is -2.29. The van der Waals surface area contributed by atoms with E-state index in [1.807, 2.05) is 16.1 Å². The molecule has 4 rings (SSSR count). The number of aromatic hydroxyl groups is 1. The monoisotopic (exact) mass is 359 g/mol. The molecule has 1 aromatic heterocycles. The van der Waals surface area contributed by atoms with Crippen molar-refractivity contribution in [3.05, 3.63) is 34.7 Å². The number of ether oxygens (including phenoxy) is 1. The summed E-state index contributed by atoms with van der Waals surface area (Å²) in [6.45, 7) is 5.35. The maximum atomic E-state index is 10.6. The molecule has 1 aliphatic heterocycles. The molecule has 2 fully saturated rings. The number of rotatable bonds is 3. The van der Waals surface area contributed by atoms with Crippen LogP contribution in [0.25, 0.3) is 5.69 Å². The minimum atomic E-state index is 0.314. The number of hydrogen-bond acceptors (Lipinski definition) is 4. The molecule has 0 amide bonds. The molecule has 2 aromatic rings. The van der Waals surface area contributed by atoms with Crippen LogP contribution in [0.1, 0.15) is 37.4 Å². The Morgan fingerprint density at radius 1 is 1.04 bits per heavy atom. The second kappa shape index (κ2) is 6.84. The summed E-state index contributed by atoms with van der Waals surface area (Å²) in [5.74, 6) is 0.314. The summed E-state index contributed by atoms with van der Waals surface area (Å²) in [6, 6.07) is 8.77. The molecule has 1 aromatic carbocycles. The van der Waals surface area contributed by atoms with Crippen molar-refractivity contribution in [1.82, 2.24) is 9.13 Å². The van der Waals surface area contributed by atoms with E-state index in [0.29, 0.717) is 16.7 Å². The Bertz CT molecular complexity index is 797. The molecule has 5 nitrogen and oxygen atoms in total. The van der Waals surface area contributed by atoms with Crippen molar-refractivity contribution in [2.24, 2.45) is 0 Å². The summed E-state index contributed by atoms with van der Waals surface area (Å²) in [5.41, 5.74) is 3.03. The molecule has 0 unspecified atom stereocenters. The zero-order valence-corrected chi connectivity index (χ0v) is 15.5. The molecule has 0 spiro atoms. The topological polar surface area (TPSA) is 42.6 Å². The number of imidazole rings is 1. The molecule has 2 heterocycles. The van der Waals surface area contributed by atoms with Crippen molar-refractivity contribution in [2.75, 3.05) is 31.2 Å². The van der Waals surface area contributed by atoms with Crippen molar-refractivity contribution >= 4 is 17.9 Å². The highest BCUT2D eigenvalue weighted by Gasteiger charge is 2.24. The summed E-state index contributed by atoms with van der Waals surface area (Å²) < 4.78 is 10.1. The van der Waals surface area contributed by atoms with E-state index in [2.05, 4.69) is 29.2 Å². The van der Waals surface area contributed by atoms with Crippen LogP contribution in [0.2, 0.25) is 0 Å². The Kier molecular flexibility index (Phi) is 4.56. The van der Waals surface area contributed by atoms with Crippen LogP contribution in [0.4, 0.5) is 5.69 Å². The Morgan fingerprint density at radius 2 is 1.64 bits per heavy atom. The van der Waals surface area contributed by atoms with E-state index >= 15 is 0 Å². The Hall–Kier alpha value is -1.79. The average molecular weight is 359 g/mol. The van der Waals surface area contributed by atoms with Crippen LogP contribution in [-0.2, 0) is 4.74 Å². The molecule has 1 aliphatic carbocycles. The summed E-state index contributed by atoms with van der Waals surface area (Å²) in [5, 5.41) is 10.6. The maximum absolute atomic E-state index is 10.6. The second-order valence-electron chi connectivity index (χ2n) is 6.95. The molecule has 0 radical (unpaired) electrons. The first-order chi connectivity index (χ1) is 12.2. The van der Waals surface area contributed by atoms with Gasteiger partial charge in [-0.05, 0) is 56.2 Å². The second-order valence-corrected chi connectivity index (χ2v) is 7.32. The van der Waals surface area contributed by atoms with Gasteiger partial charge in [0.1, 0.15) is 0 Å². The van der Waals surface area contributed by atoms with Gasteiger partial charge in [-0.2, -0.15) is 0 Å². The van der Waals surface area contributed by atoms with Gasteiger partial charge in [-0.3, -0.25) is 9.13 Å². The van der Waals surface area contributed by atoms with Gasteiger partial charge in [-0.15, -0.1) is 0 Å². The Morgan fingerprint density at radius 3 is 2.28 bits per heavy atom. The highest BCUT2D eigenvalue weighted by atomic mass is 32.1. The van der Waals surface area contributed by atoms with E-state index in [4.69, 9.17) is 17.0 Å². The lowest BCUT2D eigenvalue weighted by atomic mass is 10.2. The van der Waals surface area contributed by atoms with Crippen LogP contribution in [0.3, 0.4) is 0 Å². The summed E-state index contributed by atoms with van der Waals surface area (Å²) in [6.07, 6.45) is 4.62. The highest BCUT2D eigenvalue weighted by Crippen LogP contribution is 2.36. The van der Waals surface area contributed by atoms with E-state index in [0.717, 1.165) is 50.5 Å². The van der Waals surface area contributed by atoms with Crippen LogP contribution in [-0.4, -0.2) is 40.5 Å². The van der Waals surface area contributed by atoms with Crippen molar-refractivity contribution in [3.63, 3.8) is 0 Å². The van der Waals surface area contributed by atoms with Crippen LogP contribution < -0.4 is 4.90 Å². The number of morpholine rings is 1. The number of anilines is 1. The predicted molar refractivity (Wildman–Crippen MR) is 102 cm³/mol. The molecule has 1 saturated carbocycles. The largest absolute Gasteiger partial charge is 0.493 e. The third-order valence-electron chi connectivity index (χ3n) is 5.46. The van der Waals surface area contributed by atoms with E-state index in [-0.39, 0.29) is 0 Å². The van der Waals surface area contributed by atoms with Crippen LogP contribution in [0.5, 0.6) is 5.88 Å². The Labute approximate surface area is 153 Å². The highest BCUT2D eigenvalue weighted by molar-refractivity contribution is 7.71. The van der Waals surface area contributed by atoms with E-state index < -0.39 is 0 Å². The van der Waals surface area contributed by atoms with Crippen LogP contribution in [0.15, 0.2) is 24.3 Å². The van der Waals surface area contributed by atoms with Crippen LogP contribution in [0, 0.1) is 11.7 Å². The first-order valence-corrected chi connectivity index (χ1v) is 9.53. The van der Waals surface area contributed by atoms with Crippen molar-refractivity contribution in [1.29, 1.82) is 0 Å². The lowest BCUT2D eigenvalue weighted by molar-refractivity contribution is 0.122. The normalized spacial score (nSPS) is 18.8. The molecule has 1 saturated heterocycles. The quantitative estimate of drug-likeness (QED) is 0.842. The van der Waals surface area contributed by atoms with Crippen LogP contribution >= 0.6 is 12.2 Å². The number of hydrogen-bond donors (Lipinski definition) is 1. The van der Waals surface area contributed by atoms with E-state index in [1.54, 1.807) is 0 Å². The van der Waals surface area contributed by atoms with Gasteiger partial charge < -0.3 is 14.7 Å². The summed E-state index contributed by atoms with van der Waals surface area (Å²) in [4.78, 5) is 2.33. The van der Waals surface area contributed by atoms with E-state index in [1.165, 1.54) is 18.5 Å². The minimum absolute atomic E-state index is 0.314. The molecule has 0 atom stereocenters. The smallest absolute Gasteiger partial charge is 0.213 e. The fourth-order valence-corrected chi connectivity index (χ4v) is 4.52. The molecule has 1 N–H and O–H groups in total. The predicted octanol–water partition coefficient (Wildman–Crippen LogP) is 3.97. The first kappa shape index (κ1) is 16.7. The van der Waals surface area contributed by atoms with Gasteiger partial charge in [0.15, 0.2) is 4.77 Å². The maximum Gasteiger partial charge on any atom is 0.213 e. The third kappa shape index (κ3) is 2.98. The van der Waals surface area contributed by atoms with Crippen molar-refractivity contribution in [2.45, 2.75) is 38.6 Å². The third-order valence-corrected chi connectivity index (χ3v) is 5.84.